The minimum absolute atomic E-state index is 0.00825. The Kier molecular flexibility index (Phi) is 5.73. The third kappa shape index (κ3) is 4.35. The molecule has 156 valence electrons. The van der Waals surface area contributed by atoms with E-state index in [0.717, 1.165) is 21.4 Å². The number of rotatable bonds is 7. The van der Waals surface area contributed by atoms with E-state index in [1.165, 1.54) is 11.8 Å². The molecule has 0 N–H and O–H groups in total. The zero-order valence-corrected chi connectivity index (χ0v) is 18.2. The van der Waals surface area contributed by atoms with E-state index >= 15 is 0 Å². The largest absolute Gasteiger partial charge is 0.486 e. The van der Waals surface area contributed by atoms with Crippen molar-refractivity contribution in [3.05, 3.63) is 77.2 Å². The number of hydrogen-bond acceptors (Lipinski definition) is 7. The lowest BCUT2D eigenvalue weighted by Gasteiger charge is -2.18. The second-order valence-electron chi connectivity index (χ2n) is 6.93. The average molecular weight is 450 g/mol. The van der Waals surface area contributed by atoms with E-state index in [0.29, 0.717) is 36.8 Å². The molecule has 0 radical (unpaired) electrons. The van der Waals surface area contributed by atoms with Gasteiger partial charge in [-0.3, -0.25) is 9.36 Å². The van der Waals surface area contributed by atoms with Gasteiger partial charge in [-0.1, -0.05) is 48.2 Å². The van der Waals surface area contributed by atoms with Crippen LogP contribution in [0.2, 0.25) is 0 Å². The van der Waals surface area contributed by atoms with Gasteiger partial charge in [-0.15, -0.1) is 21.5 Å². The van der Waals surface area contributed by atoms with Gasteiger partial charge in [0.1, 0.15) is 13.2 Å². The number of aromatic nitrogens is 3. The molecule has 1 aliphatic rings. The van der Waals surface area contributed by atoms with E-state index in [9.17, 15) is 4.79 Å². The van der Waals surface area contributed by atoms with Crippen LogP contribution in [-0.4, -0.2) is 39.5 Å². The molecule has 0 atom stereocenters. The molecule has 0 amide bonds. The summed E-state index contributed by atoms with van der Waals surface area (Å²) in [6.45, 7) is 1.66. The number of hydrogen-bond donors (Lipinski definition) is 0. The summed E-state index contributed by atoms with van der Waals surface area (Å²) in [7, 11) is 0. The minimum atomic E-state index is 0.00825. The molecule has 2 aromatic carbocycles. The lowest BCUT2D eigenvalue weighted by molar-refractivity contribution is 0.102. The van der Waals surface area contributed by atoms with Gasteiger partial charge in [-0.2, -0.15) is 0 Å². The highest BCUT2D eigenvalue weighted by molar-refractivity contribution is 7.99. The van der Waals surface area contributed by atoms with Crippen molar-refractivity contribution in [2.24, 2.45) is 0 Å². The Hall–Kier alpha value is -3.10. The molecule has 0 fully saturated rings. The molecule has 0 unspecified atom stereocenters. The first-order valence-electron chi connectivity index (χ1n) is 9.84. The third-order valence-corrected chi connectivity index (χ3v) is 6.67. The zero-order valence-electron chi connectivity index (χ0n) is 16.6. The van der Waals surface area contributed by atoms with E-state index in [2.05, 4.69) is 26.9 Å². The van der Waals surface area contributed by atoms with Gasteiger partial charge in [0.05, 0.1) is 17.2 Å². The van der Waals surface area contributed by atoms with Crippen LogP contribution in [0.25, 0.3) is 10.7 Å². The standard InChI is InChI=1S/C23H19N3O3S2/c27-18(17-8-9-19-20(13-17)29-11-10-28-19)15-31-23-25-24-22(21-7-4-12-30-21)26(23)14-16-5-2-1-3-6-16/h1-9,12-13H,10-11,14-15H2. The molecule has 31 heavy (non-hydrogen) atoms. The van der Waals surface area contributed by atoms with Crippen LogP contribution in [0, 0.1) is 0 Å². The molecule has 6 nitrogen and oxygen atoms in total. The first-order chi connectivity index (χ1) is 15.3. The fourth-order valence-electron chi connectivity index (χ4n) is 3.32. The summed E-state index contributed by atoms with van der Waals surface area (Å²) in [6, 6.07) is 19.5. The molecular weight excluding hydrogens is 430 g/mol. The number of carbonyl (C=O) groups is 1. The van der Waals surface area contributed by atoms with Gasteiger partial charge in [0.2, 0.25) is 0 Å². The molecule has 0 spiro atoms. The van der Waals surface area contributed by atoms with Crippen molar-refractivity contribution in [3.63, 3.8) is 0 Å². The van der Waals surface area contributed by atoms with Crippen LogP contribution in [0.3, 0.4) is 0 Å². The van der Waals surface area contributed by atoms with Crippen molar-refractivity contribution >= 4 is 28.9 Å². The predicted octanol–water partition coefficient (Wildman–Crippen LogP) is 4.80. The summed E-state index contributed by atoms with van der Waals surface area (Å²) in [5, 5.41) is 11.6. The monoisotopic (exact) mass is 449 g/mol. The number of fused-ring (bicyclic) bond motifs is 1. The number of thioether (sulfide) groups is 1. The topological polar surface area (TPSA) is 66.2 Å². The number of ketones is 1. The molecule has 4 aromatic rings. The molecule has 0 saturated heterocycles. The lowest BCUT2D eigenvalue weighted by atomic mass is 10.1. The van der Waals surface area contributed by atoms with Crippen molar-refractivity contribution in [3.8, 4) is 22.2 Å². The quantitative estimate of drug-likeness (QED) is 0.298. The Balaban J connectivity index is 1.37. The van der Waals surface area contributed by atoms with Crippen LogP contribution >= 0.6 is 23.1 Å². The fourth-order valence-corrected chi connectivity index (χ4v) is 4.87. The van der Waals surface area contributed by atoms with Crippen molar-refractivity contribution in [1.82, 2.24) is 14.8 Å². The smallest absolute Gasteiger partial charge is 0.192 e. The normalized spacial score (nSPS) is 12.6. The van der Waals surface area contributed by atoms with Crippen molar-refractivity contribution in [1.29, 1.82) is 0 Å². The van der Waals surface area contributed by atoms with Gasteiger partial charge in [-0.25, -0.2) is 0 Å². The second-order valence-corrected chi connectivity index (χ2v) is 8.82. The Morgan fingerprint density at radius 2 is 1.84 bits per heavy atom. The fraction of sp³-hybridized carbons (Fsp3) is 0.174. The first-order valence-corrected chi connectivity index (χ1v) is 11.7. The van der Waals surface area contributed by atoms with Gasteiger partial charge in [0.15, 0.2) is 28.3 Å². The van der Waals surface area contributed by atoms with Crippen LogP contribution in [-0.2, 0) is 6.54 Å². The van der Waals surface area contributed by atoms with Crippen molar-refractivity contribution in [2.75, 3.05) is 19.0 Å². The molecule has 0 aliphatic carbocycles. The SMILES string of the molecule is O=C(CSc1nnc(-c2cccs2)n1Cc1ccccc1)c1ccc2c(c1)OCCO2. The number of thiophene rings is 1. The Bertz CT molecular complexity index is 1190. The summed E-state index contributed by atoms with van der Waals surface area (Å²) in [5.41, 5.74) is 1.75. The Morgan fingerprint density at radius 1 is 1.00 bits per heavy atom. The molecule has 3 heterocycles. The van der Waals surface area contributed by atoms with Gasteiger partial charge in [-0.05, 0) is 35.2 Å². The van der Waals surface area contributed by atoms with Gasteiger partial charge in [0.25, 0.3) is 0 Å². The van der Waals surface area contributed by atoms with E-state index in [1.54, 1.807) is 29.5 Å². The molecule has 5 rings (SSSR count). The zero-order chi connectivity index (χ0) is 21.0. The van der Waals surface area contributed by atoms with Crippen molar-refractivity contribution in [2.45, 2.75) is 11.7 Å². The molecule has 2 aromatic heterocycles. The molecule has 8 heteroatoms. The highest BCUT2D eigenvalue weighted by atomic mass is 32.2. The Morgan fingerprint density at radius 3 is 2.65 bits per heavy atom. The summed E-state index contributed by atoms with van der Waals surface area (Å²) >= 11 is 3.02. The molecular formula is C23H19N3O3S2. The van der Waals surface area contributed by atoms with Crippen LogP contribution in [0.15, 0.2) is 71.2 Å². The van der Waals surface area contributed by atoms with Gasteiger partial charge in [0, 0.05) is 5.56 Å². The summed E-state index contributed by atoms with van der Waals surface area (Å²) in [5.74, 6) is 2.38. The highest BCUT2D eigenvalue weighted by Crippen LogP contribution is 2.32. The van der Waals surface area contributed by atoms with Crippen LogP contribution < -0.4 is 9.47 Å². The third-order valence-electron chi connectivity index (χ3n) is 4.84. The van der Waals surface area contributed by atoms with E-state index in [4.69, 9.17) is 9.47 Å². The summed E-state index contributed by atoms with van der Waals surface area (Å²) < 4.78 is 13.2. The minimum Gasteiger partial charge on any atom is -0.486 e. The number of ether oxygens (including phenoxy) is 2. The summed E-state index contributed by atoms with van der Waals surface area (Å²) in [4.78, 5) is 13.9. The number of Topliss-reactive ketones (excluding diaryl/α,β-unsaturated/α-hetero) is 1. The molecule has 0 bridgehead atoms. The number of carbonyl (C=O) groups excluding carboxylic acids is 1. The number of benzene rings is 2. The highest BCUT2D eigenvalue weighted by Gasteiger charge is 2.19. The maximum atomic E-state index is 12.8. The molecule has 0 saturated carbocycles. The number of nitrogens with zero attached hydrogens (tertiary/aromatic N) is 3. The van der Waals surface area contributed by atoms with Crippen LogP contribution in [0.5, 0.6) is 11.5 Å². The van der Waals surface area contributed by atoms with E-state index < -0.39 is 0 Å². The second kappa shape index (κ2) is 8.95. The first kappa shape index (κ1) is 19.8. The maximum Gasteiger partial charge on any atom is 0.192 e. The van der Waals surface area contributed by atoms with Gasteiger partial charge < -0.3 is 9.47 Å². The molecule has 1 aliphatic heterocycles. The lowest BCUT2D eigenvalue weighted by Crippen LogP contribution is -2.16. The van der Waals surface area contributed by atoms with Crippen molar-refractivity contribution < 1.29 is 14.3 Å². The maximum absolute atomic E-state index is 12.8. The Labute approximate surface area is 187 Å². The van der Waals surface area contributed by atoms with E-state index in [-0.39, 0.29) is 11.5 Å². The van der Waals surface area contributed by atoms with E-state index in [1.807, 2.05) is 35.7 Å². The van der Waals surface area contributed by atoms with Crippen LogP contribution in [0.4, 0.5) is 0 Å². The predicted molar refractivity (Wildman–Crippen MR) is 121 cm³/mol. The average Bonchev–Trinajstić information content (AvgIpc) is 3.48. The van der Waals surface area contributed by atoms with Gasteiger partial charge >= 0.3 is 0 Å². The van der Waals surface area contributed by atoms with Crippen LogP contribution in [0.1, 0.15) is 15.9 Å². The summed E-state index contributed by atoms with van der Waals surface area (Å²) in [6.07, 6.45) is 0.